The van der Waals surface area contributed by atoms with Crippen molar-refractivity contribution in [3.05, 3.63) is 35.9 Å². The lowest BCUT2D eigenvalue weighted by Crippen LogP contribution is -2.50. The number of hydrogen-bond acceptors (Lipinski definition) is 5. The van der Waals surface area contributed by atoms with Gasteiger partial charge in [-0.15, -0.1) is 5.10 Å². The van der Waals surface area contributed by atoms with Crippen LogP contribution in [0.5, 0.6) is 0 Å². The van der Waals surface area contributed by atoms with Crippen LogP contribution in [0.4, 0.5) is 0 Å². The Morgan fingerprint density at radius 2 is 2.04 bits per heavy atom. The number of nitrogens with zero attached hydrogens (tertiary/aromatic N) is 6. The van der Waals surface area contributed by atoms with Crippen molar-refractivity contribution in [2.75, 3.05) is 6.54 Å². The molecule has 2 atom stereocenters. The molecule has 0 aromatic carbocycles. The van der Waals surface area contributed by atoms with Crippen molar-refractivity contribution >= 4 is 5.91 Å². The number of carbonyl (C=O) groups excluding carboxylic acids is 1. The monoisotopic (exact) mass is 340 g/mol. The molecule has 25 heavy (non-hydrogen) atoms. The summed E-state index contributed by atoms with van der Waals surface area (Å²) in [6.07, 6.45) is 9.63. The Kier molecular flexibility index (Phi) is 4.72. The van der Waals surface area contributed by atoms with E-state index in [9.17, 15) is 4.79 Å². The second-order valence-corrected chi connectivity index (χ2v) is 7.09. The first kappa shape index (κ1) is 16.2. The van der Waals surface area contributed by atoms with Gasteiger partial charge in [0, 0.05) is 24.5 Å². The maximum Gasteiger partial charge on any atom is 0.244 e. The van der Waals surface area contributed by atoms with E-state index in [0.29, 0.717) is 24.2 Å². The van der Waals surface area contributed by atoms with Crippen molar-refractivity contribution in [2.45, 2.75) is 57.5 Å². The Bertz CT molecular complexity index is 713. The first-order chi connectivity index (χ1) is 12.3. The van der Waals surface area contributed by atoms with Gasteiger partial charge in [0.15, 0.2) is 5.82 Å². The van der Waals surface area contributed by atoms with Gasteiger partial charge in [-0.05, 0) is 54.2 Å². The molecule has 0 bridgehead atoms. The van der Waals surface area contributed by atoms with Crippen LogP contribution in [0.1, 0.15) is 50.0 Å². The number of aromatic nitrogens is 5. The molecule has 3 heterocycles. The standard InChI is InChI=1S/C18H24N6O/c25-18(23-11-5-7-14-6-1-2-9-16(14)23)13-24-17(20-21-22-24)12-15-8-3-4-10-19-15/h3-4,8,10,14,16H,1-2,5-7,9,11-13H2/t14-,16-/m1/s1. The average Bonchev–Trinajstić information content (AvgIpc) is 3.08. The van der Waals surface area contributed by atoms with Crippen LogP contribution < -0.4 is 0 Å². The van der Waals surface area contributed by atoms with E-state index in [1.54, 1.807) is 10.9 Å². The van der Waals surface area contributed by atoms with E-state index in [4.69, 9.17) is 0 Å². The van der Waals surface area contributed by atoms with Crippen molar-refractivity contribution in [3.63, 3.8) is 0 Å². The zero-order valence-electron chi connectivity index (χ0n) is 14.4. The molecule has 2 aromatic rings. The summed E-state index contributed by atoms with van der Waals surface area (Å²) in [5, 5.41) is 11.9. The lowest BCUT2D eigenvalue weighted by Gasteiger charge is -2.44. The molecule has 4 rings (SSSR count). The molecular weight excluding hydrogens is 316 g/mol. The molecule has 2 aliphatic rings. The second kappa shape index (κ2) is 7.29. The van der Waals surface area contributed by atoms with E-state index in [1.807, 2.05) is 18.2 Å². The smallest absolute Gasteiger partial charge is 0.244 e. The molecule has 0 radical (unpaired) electrons. The van der Waals surface area contributed by atoms with Gasteiger partial charge in [-0.2, -0.15) is 0 Å². The number of likely N-dealkylation sites (tertiary alicyclic amines) is 1. The van der Waals surface area contributed by atoms with Crippen LogP contribution in [0.2, 0.25) is 0 Å². The molecule has 1 aliphatic heterocycles. The van der Waals surface area contributed by atoms with Crippen LogP contribution in [-0.2, 0) is 17.8 Å². The van der Waals surface area contributed by atoms with E-state index in [-0.39, 0.29) is 12.5 Å². The van der Waals surface area contributed by atoms with Gasteiger partial charge in [0.25, 0.3) is 0 Å². The molecule has 0 spiro atoms. The second-order valence-electron chi connectivity index (χ2n) is 7.09. The molecule has 1 saturated heterocycles. The third-order valence-electron chi connectivity index (χ3n) is 5.52. The molecule has 1 amide bonds. The Morgan fingerprint density at radius 3 is 2.92 bits per heavy atom. The minimum Gasteiger partial charge on any atom is -0.338 e. The zero-order valence-corrected chi connectivity index (χ0v) is 14.4. The van der Waals surface area contributed by atoms with Crippen molar-refractivity contribution in [1.82, 2.24) is 30.1 Å². The highest BCUT2D eigenvalue weighted by atomic mass is 16.2. The highest BCUT2D eigenvalue weighted by molar-refractivity contribution is 5.76. The number of piperidine rings is 1. The predicted octanol–water partition coefficient (Wildman–Crippen LogP) is 1.84. The maximum absolute atomic E-state index is 12.9. The highest BCUT2D eigenvalue weighted by Gasteiger charge is 2.35. The van der Waals surface area contributed by atoms with Crippen LogP contribution in [0, 0.1) is 5.92 Å². The summed E-state index contributed by atoms with van der Waals surface area (Å²) in [4.78, 5) is 19.3. The summed E-state index contributed by atoms with van der Waals surface area (Å²) >= 11 is 0. The van der Waals surface area contributed by atoms with E-state index in [1.165, 1.54) is 25.7 Å². The van der Waals surface area contributed by atoms with Crippen LogP contribution >= 0.6 is 0 Å². The average molecular weight is 340 g/mol. The number of amides is 1. The fourth-order valence-electron chi connectivity index (χ4n) is 4.29. The van der Waals surface area contributed by atoms with E-state index in [2.05, 4.69) is 25.4 Å². The first-order valence-electron chi connectivity index (χ1n) is 9.25. The fourth-order valence-corrected chi connectivity index (χ4v) is 4.29. The number of tetrazole rings is 1. The van der Waals surface area contributed by atoms with Crippen LogP contribution in [0.15, 0.2) is 24.4 Å². The van der Waals surface area contributed by atoms with Crippen LogP contribution in [-0.4, -0.2) is 48.6 Å². The predicted molar refractivity (Wildman–Crippen MR) is 91.6 cm³/mol. The number of rotatable bonds is 4. The summed E-state index contributed by atoms with van der Waals surface area (Å²) in [5.74, 6) is 1.52. The quantitative estimate of drug-likeness (QED) is 0.849. The molecule has 132 valence electrons. The third-order valence-corrected chi connectivity index (χ3v) is 5.52. The maximum atomic E-state index is 12.9. The van der Waals surface area contributed by atoms with E-state index >= 15 is 0 Å². The van der Waals surface area contributed by atoms with E-state index in [0.717, 1.165) is 25.1 Å². The molecule has 2 aromatic heterocycles. The summed E-state index contributed by atoms with van der Waals surface area (Å²) in [5.41, 5.74) is 0.899. The van der Waals surface area contributed by atoms with Gasteiger partial charge in [-0.25, -0.2) is 4.68 Å². The van der Waals surface area contributed by atoms with Gasteiger partial charge in [0.1, 0.15) is 6.54 Å². The Hall–Kier alpha value is -2.31. The summed E-state index contributed by atoms with van der Waals surface area (Å²) in [6.45, 7) is 1.09. The number of pyridine rings is 1. The largest absolute Gasteiger partial charge is 0.338 e. The zero-order chi connectivity index (χ0) is 17.1. The van der Waals surface area contributed by atoms with Crippen molar-refractivity contribution in [1.29, 1.82) is 0 Å². The summed E-state index contributed by atoms with van der Waals surface area (Å²) in [6, 6.07) is 6.19. The highest BCUT2D eigenvalue weighted by Crippen LogP contribution is 2.35. The molecular formula is C18H24N6O. The molecule has 7 heteroatoms. The Balaban J connectivity index is 1.45. The minimum atomic E-state index is 0.145. The van der Waals surface area contributed by atoms with Crippen LogP contribution in [0.25, 0.3) is 0 Å². The molecule has 0 N–H and O–H groups in total. The molecule has 1 saturated carbocycles. The Morgan fingerprint density at radius 1 is 1.16 bits per heavy atom. The minimum absolute atomic E-state index is 0.145. The topological polar surface area (TPSA) is 76.8 Å². The third kappa shape index (κ3) is 3.55. The van der Waals surface area contributed by atoms with Gasteiger partial charge >= 0.3 is 0 Å². The molecule has 1 aliphatic carbocycles. The van der Waals surface area contributed by atoms with Crippen molar-refractivity contribution in [3.8, 4) is 0 Å². The Labute approximate surface area is 147 Å². The molecule has 0 unspecified atom stereocenters. The van der Waals surface area contributed by atoms with Gasteiger partial charge in [0.2, 0.25) is 5.91 Å². The fraction of sp³-hybridized carbons (Fsp3) is 0.611. The normalized spacial score (nSPS) is 23.3. The summed E-state index contributed by atoms with van der Waals surface area (Å²) in [7, 11) is 0. The van der Waals surface area contributed by atoms with Gasteiger partial charge < -0.3 is 4.90 Å². The molecule has 2 fully saturated rings. The van der Waals surface area contributed by atoms with Gasteiger partial charge in [0.05, 0.1) is 6.42 Å². The lowest BCUT2D eigenvalue weighted by molar-refractivity contribution is -0.138. The summed E-state index contributed by atoms with van der Waals surface area (Å²) < 4.78 is 1.63. The van der Waals surface area contributed by atoms with Crippen molar-refractivity contribution < 1.29 is 4.79 Å². The number of carbonyl (C=O) groups is 1. The van der Waals surface area contributed by atoms with Gasteiger partial charge in [-0.3, -0.25) is 9.78 Å². The first-order valence-corrected chi connectivity index (χ1v) is 9.25. The van der Waals surface area contributed by atoms with Gasteiger partial charge in [-0.1, -0.05) is 18.9 Å². The van der Waals surface area contributed by atoms with Crippen LogP contribution in [0.3, 0.4) is 0 Å². The SMILES string of the molecule is O=C(Cn1nnnc1Cc1ccccn1)N1CCC[C@H]2CCCC[C@H]21. The number of hydrogen-bond donors (Lipinski definition) is 0. The number of fused-ring (bicyclic) bond motifs is 1. The van der Waals surface area contributed by atoms with E-state index < -0.39 is 0 Å². The molecule has 7 nitrogen and oxygen atoms in total. The lowest BCUT2D eigenvalue weighted by atomic mass is 9.78. The van der Waals surface area contributed by atoms with Crippen molar-refractivity contribution in [2.24, 2.45) is 5.92 Å².